The Morgan fingerprint density at radius 2 is 1.79 bits per heavy atom. The molecule has 2 rings (SSSR count). The molecule has 0 fully saturated rings. The Balaban J connectivity index is 0.00000288. The van der Waals surface area contributed by atoms with E-state index in [2.05, 4.69) is 5.32 Å². The summed E-state index contributed by atoms with van der Waals surface area (Å²) in [4.78, 5) is 12.1. The van der Waals surface area contributed by atoms with Crippen LogP contribution in [0.2, 0.25) is 0 Å². The second-order valence-electron chi connectivity index (χ2n) is 5.25. The molecule has 1 aromatic carbocycles. The van der Waals surface area contributed by atoms with Crippen molar-refractivity contribution in [3.63, 3.8) is 0 Å². The molecular formula is C16H18ClF3N2O2. The number of carbonyl (C=O) groups excluding carboxylic acids is 1. The third kappa shape index (κ3) is 3.51. The summed E-state index contributed by atoms with van der Waals surface area (Å²) in [7, 11) is 1.18. The highest BCUT2D eigenvalue weighted by atomic mass is 35.5. The van der Waals surface area contributed by atoms with E-state index in [1.807, 2.05) is 0 Å². The fourth-order valence-electron chi connectivity index (χ4n) is 2.72. The van der Waals surface area contributed by atoms with E-state index < -0.39 is 23.6 Å². The van der Waals surface area contributed by atoms with Crippen molar-refractivity contribution in [3.05, 3.63) is 58.1 Å². The minimum atomic E-state index is -4.55. The fourth-order valence-corrected chi connectivity index (χ4v) is 2.72. The van der Waals surface area contributed by atoms with Gasteiger partial charge in [-0.2, -0.15) is 13.2 Å². The maximum atomic E-state index is 13.3. The fraction of sp³-hybridized carbons (Fsp3) is 0.312. The monoisotopic (exact) mass is 362 g/mol. The van der Waals surface area contributed by atoms with Gasteiger partial charge in [0.1, 0.15) is 0 Å². The number of benzene rings is 1. The first-order valence-corrected chi connectivity index (χ1v) is 6.87. The zero-order chi connectivity index (χ0) is 17.4. The van der Waals surface area contributed by atoms with E-state index in [0.29, 0.717) is 11.4 Å². The van der Waals surface area contributed by atoms with E-state index in [1.165, 1.54) is 25.3 Å². The van der Waals surface area contributed by atoms with E-state index in [0.717, 1.165) is 6.07 Å². The first-order valence-electron chi connectivity index (χ1n) is 6.87. The number of hydrogen-bond donors (Lipinski definition) is 2. The number of dihydropyridines is 1. The van der Waals surface area contributed by atoms with Gasteiger partial charge in [-0.3, -0.25) is 0 Å². The van der Waals surface area contributed by atoms with Gasteiger partial charge in [0.25, 0.3) is 0 Å². The number of alkyl halides is 3. The van der Waals surface area contributed by atoms with Crippen molar-refractivity contribution >= 4 is 18.4 Å². The average Bonchev–Trinajstić information content (AvgIpc) is 2.49. The van der Waals surface area contributed by atoms with Crippen LogP contribution in [-0.2, 0) is 15.7 Å². The normalized spacial score (nSPS) is 18.0. The minimum absolute atomic E-state index is 0. The van der Waals surface area contributed by atoms with Crippen LogP contribution >= 0.6 is 12.4 Å². The third-order valence-corrected chi connectivity index (χ3v) is 3.79. The van der Waals surface area contributed by atoms with Crippen LogP contribution in [0.25, 0.3) is 0 Å². The molecule has 0 radical (unpaired) electrons. The molecular weight excluding hydrogens is 345 g/mol. The molecule has 0 saturated heterocycles. The predicted octanol–water partition coefficient (Wildman–Crippen LogP) is 3.45. The lowest BCUT2D eigenvalue weighted by atomic mass is 9.82. The summed E-state index contributed by atoms with van der Waals surface area (Å²) in [5.41, 5.74) is 6.30. The number of carbonyl (C=O) groups is 1. The molecule has 1 atom stereocenters. The van der Waals surface area contributed by atoms with Gasteiger partial charge in [-0.15, -0.1) is 12.4 Å². The van der Waals surface area contributed by atoms with Gasteiger partial charge in [0.2, 0.25) is 0 Å². The molecule has 0 bridgehead atoms. The zero-order valence-electron chi connectivity index (χ0n) is 13.3. The summed E-state index contributed by atoms with van der Waals surface area (Å²) in [5.74, 6) is -1.73. The van der Waals surface area contributed by atoms with Crippen LogP contribution in [0.5, 0.6) is 0 Å². The van der Waals surface area contributed by atoms with Gasteiger partial charge in [0.05, 0.1) is 24.2 Å². The lowest BCUT2D eigenvalue weighted by molar-refractivity contribution is -0.139. The first-order chi connectivity index (χ1) is 10.7. The molecule has 8 heteroatoms. The molecule has 1 aliphatic rings. The Bertz CT molecular complexity index is 712. The molecule has 0 aliphatic carbocycles. The van der Waals surface area contributed by atoms with Gasteiger partial charge >= 0.3 is 12.1 Å². The highest BCUT2D eigenvalue weighted by Crippen LogP contribution is 2.42. The number of hydrogen-bond acceptors (Lipinski definition) is 4. The summed E-state index contributed by atoms with van der Waals surface area (Å²) in [6.45, 7) is 3.25. The minimum Gasteiger partial charge on any atom is -0.466 e. The summed E-state index contributed by atoms with van der Waals surface area (Å²) in [6, 6.07) is 5.09. The molecule has 0 spiro atoms. The van der Waals surface area contributed by atoms with Crippen LogP contribution in [0.15, 0.2) is 46.9 Å². The van der Waals surface area contributed by atoms with Crippen LogP contribution in [0.4, 0.5) is 13.2 Å². The number of nitrogens with two attached hydrogens (primary N) is 1. The van der Waals surface area contributed by atoms with Crippen molar-refractivity contribution in [2.75, 3.05) is 7.11 Å². The summed E-state index contributed by atoms with van der Waals surface area (Å²) >= 11 is 0. The maximum Gasteiger partial charge on any atom is 0.416 e. The number of allylic oxidation sites excluding steroid dienone is 3. The van der Waals surface area contributed by atoms with Crippen molar-refractivity contribution in [2.45, 2.75) is 25.9 Å². The maximum absolute atomic E-state index is 13.3. The van der Waals surface area contributed by atoms with Crippen molar-refractivity contribution in [1.29, 1.82) is 0 Å². The Kier molecular flexibility index (Phi) is 5.94. The zero-order valence-corrected chi connectivity index (χ0v) is 14.1. The van der Waals surface area contributed by atoms with Crippen LogP contribution < -0.4 is 11.1 Å². The number of nitrogens with one attached hydrogen (secondary N) is 1. The van der Waals surface area contributed by atoms with Crippen molar-refractivity contribution in [1.82, 2.24) is 5.32 Å². The van der Waals surface area contributed by atoms with Crippen LogP contribution in [0, 0.1) is 0 Å². The van der Waals surface area contributed by atoms with Gasteiger partial charge in [-0.05, 0) is 25.5 Å². The topological polar surface area (TPSA) is 64.3 Å². The predicted molar refractivity (Wildman–Crippen MR) is 86.2 cm³/mol. The van der Waals surface area contributed by atoms with Gasteiger partial charge in [-0.1, -0.05) is 18.2 Å². The van der Waals surface area contributed by atoms with Crippen molar-refractivity contribution < 1.29 is 22.7 Å². The molecule has 1 unspecified atom stereocenters. The molecule has 24 heavy (non-hydrogen) atoms. The second-order valence-corrected chi connectivity index (χ2v) is 5.25. The highest BCUT2D eigenvalue weighted by Gasteiger charge is 2.40. The average molecular weight is 363 g/mol. The second kappa shape index (κ2) is 7.17. The van der Waals surface area contributed by atoms with E-state index in [1.54, 1.807) is 13.8 Å². The number of methoxy groups -OCH3 is 1. The Morgan fingerprint density at radius 3 is 2.33 bits per heavy atom. The molecule has 0 saturated carbocycles. The van der Waals surface area contributed by atoms with Gasteiger partial charge in [0, 0.05) is 17.1 Å². The van der Waals surface area contributed by atoms with E-state index >= 15 is 0 Å². The molecule has 1 aromatic rings. The molecule has 3 N–H and O–H groups in total. The Labute approximate surface area is 144 Å². The molecule has 0 aromatic heterocycles. The summed E-state index contributed by atoms with van der Waals surface area (Å²) < 4.78 is 44.7. The standard InChI is InChI=1S/C16H17F3N2O2.ClH/c1-8-12(15(22)23-3)13(14(20)9(2)21-8)10-6-4-5-7-11(10)16(17,18)19;/h4-7,13,21H,20H2,1-3H3;1H. The molecule has 132 valence electrons. The smallest absolute Gasteiger partial charge is 0.416 e. The highest BCUT2D eigenvalue weighted by molar-refractivity contribution is 5.92. The lowest BCUT2D eigenvalue weighted by Crippen LogP contribution is -2.32. The van der Waals surface area contributed by atoms with Crippen molar-refractivity contribution in [3.8, 4) is 0 Å². The van der Waals surface area contributed by atoms with E-state index in [9.17, 15) is 18.0 Å². The molecule has 0 amide bonds. The van der Waals surface area contributed by atoms with E-state index in [4.69, 9.17) is 10.5 Å². The largest absolute Gasteiger partial charge is 0.466 e. The number of rotatable bonds is 2. The van der Waals surface area contributed by atoms with Gasteiger partial charge < -0.3 is 15.8 Å². The quantitative estimate of drug-likeness (QED) is 0.791. The SMILES string of the molecule is COC(=O)C1=C(C)NC(C)=C(N)C1c1ccccc1C(F)(F)F.Cl. The molecule has 4 nitrogen and oxygen atoms in total. The first kappa shape index (κ1) is 19.9. The van der Waals surface area contributed by atoms with Gasteiger partial charge in [-0.25, -0.2) is 4.79 Å². The number of esters is 1. The molecule has 1 heterocycles. The molecule has 1 aliphatic heterocycles. The van der Waals surface area contributed by atoms with Gasteiger partial charge in [0.15, 0.2) is 0 Å². The lowest BCUT2D eigenvalue weighted by Gasteiger charge is -2.30. The van der Waals surface area contributed by atoms with Crippen LogP contribution in [0.3, 0.4) is 0 Å². The number of ether oxygens (including phenoxy) is 1. The van der Waals surface area contributed by atoms with Crippen LogP contribution in [0.1, 0.15) is 30.9 Å². The Hall–Kier alpha value is -2.15. The van der Waals surface area contributed by atoms with Crippen LogP contribution in [-0.4, -0.2) is 13.1 Å². The summed E-state index contributed by atoms with van der Waals surface area (Å²) in [5, 5.41) is 2.90. The van der Waals surface area contributed by atoms with Crippen molar-refractivity contribution in [2.24, 2.45) is 5.73 Å². The third-order valence-electron chi connectivity index (χ3n) is 3.79. The summed E-state index contributed by atoms with van der Waals surface area (Å²) in [6.07, 6.45) is -4.55. The Morgan fingerprint density at radius 1 is 1.21 bits per heavy atom. The number of halogens is 4. The van der Waals surface area contributed by atoms with E-state index in [-0.39, 0.29) is 29.2 Å².